The number of nitrogens with zero attached hydrogens (tertiary/aromatic N) is 1. The van der Waals surface area contributed by atoms with Gasteiger partial charge in [-0.25, -0.2) is 0 Å². The predicted octanol–water partition coefficient (Wildman–Crippen LogP) is 3.62. The van der Waals surface area contributed by atoms with Gasteiger partial charge in [0.15, 0.2) is 0 Å². The van der Waals surface area contributed by atoms with Crippen LogP contribution in [0.15, 0.2) is 6.07 Å². The topological polar surface area (TPSA) is 57.8 Å². The van der Waals surface area contributed by atoms with Crippen LogP contribution < -0.4 is 5.32 Å². The Kier molecular flexibility index (Phi) is 4.32. The highest BCUT2D eigenvalue weighted by molar-refractivity contribution is 5.92. The fourth-order valence-electron chi connectivity index (χ4n) is 3.48. The molecule has 2 aliphatic carbocycles. The highest BCUT2D eigenvalue weighted by Crippen LogP contribution is 2.39. The van der Waals surface area contributed by atoms with Crippen LogP contribution >= 0.6 is 0 Å². The molecule has 4 nitrogen and oxygen atoms in total. The number of amides is 1. The second-order valence-corrected chi connectivity index (χ2v) is 7.22. The van der Waals surface area contributed by atoms with Gasteiger partial charge < -0.3 is 5.32 Å². The number of rotatable bonds is 5. The highest BCUT2D eigenvalue weighted by atomic mass is 16.2. The molecule has 4 heteroatoms. The number of carbonyl (C=O) groups excluding carboxylic acids is 1. The zero-order valence-electron chi connectivity index (χ0n) is 13.2. The van der Waals surface area contributed by atoms with Crippen LogP contribution in [0.25, 0.3) is 0 Å². The number of hydrogen-bond donors (Lipinski definition) is 2. The number of aromatic nitrogens is 2. The van der Waals surface area contributed by atoms with Crippen molar-refractivity contribution in [1.29, 1.82) is 0 Å². The van der Waals surface area contributed by atoms with Gasteiger partial charge in [0.05, 0.1) is 0 Å². The van der Waals surface area contributed by atoms with Gasteiger partial charge in [-0.1, -0.05) is 32.6 Å². The molecule has 2 fully saturated rings. The molecule has 1 aromatic heterocycles. The maximum Gasteiger partial charge on any atom is 0.271 e. The molecule has 2 N–H and O–H groups in total. The summed E-state index contributed by atoms with van der Waals surface area (Å²) in [6, 6.07) is 2.15. The zero-order chi connectivity index (χ0) is 14.8. The van der Waals surface area contributed by atoms with Crippen LogP contribution in [0.5, 0.6) is 0 Å². The van der Waals surface area contributed by atoms with Gasteiger partial charge in [-0.15, -0.1) is 0 Å². The molecule has 3 rings (SSSR count). The summed E-state index contributed by atoms with van der Waals surface area (Å²) in [6.07, 6.45) is 8.86. The molecule has 21 heavy (non-hydrogen) atoms. The molecule has 1 aromatic rings. The minimum atomic E-state index is -0.0326. The van der Waals surface area contributed by atoms with Gasteiger partial charge in [0, 0.05) is 17.7 Å². The van der Waals surface area contributed by atoms with Crippen molar-refractivity contribution < 1.29 is 4.79 Å². The zero-order valence-corrected chi connectivity index (χ0v) is 13.2. The maximum atomic E-state index is 12.2. The smallest absolute Gasteiger partial charge is 0.271 e. The van der Waals surface area contributed by atoms with Crippen LogP contribution in [0, 0.1) is 11.8 Å². The molecule has 1 amide bonds. The van der Waals surface area contributed by atoms with Crippen molar-refractivity contribution in [3.8, 4) is 0 Å². The molecule has 1 heterocycles. The molecule has 2 saturated carbocycles. The van der Waals surface area contributed by atoms with Crippen molar-refractivity contribution in [1.82, 2.24) is 15.5 Å². The lowest BCUT2D eigenvalue weighted by molar-refractivity contribution is 0.0926. The molecule has 0 aliphatic heterocycles. The van der Waals surface area contributed by atoms with E-state index in [9.17, 15) is 4.79 Å². The van der Waals surface area contributed by atoms with E-state index in [0.29, 0.717) is 11.6 Å². The average Bonchev–Trinajstić information content (AvgIpc) is 3.18. The third-order valence-corrected chi connectivity index (χ3v) is 5.05. The summed E-state index contributed by atoms with van der Waals surface area (Å²) in [7, 11) is 0. The second-order valence-electron chi connectivity index (χ2n) is 7.22. The van der Waals surface area contributed by atoms with E-state index < -0.39 is 0 Å². The number of carbonyl (C=O) groups is 1. The number of aromatic amines is 1. The molecular weight excluding hydrogens is 262 g/mol. The summed E-state index contributed by atoms with van der Waals surface area (Å²) in [4.78, 5) is 12.2. The predicted molar refractivity (Wildman–Crippen MR) is 83.2 cm³/mol. The standard InChI is InChI=1S/C17H27N3O/c1-11-3-5-13(6-4-11)9-12(2)18-17(21)16-10-15(19-20-16)14-7-8-14/h10-14H,3-9H2,1-2H3,(H,18,21)(H,19,20)/t11-,12-,13+/m1/s1. The van der Waals surface area contributed by atoms with Crippen molar-refractivity contribution in [3.05, 3.63) is 17.5 Å². The summed E-state index contributed by atoms with van der Waals surface area (Å²) in [5.41, 5.74) is 1.66. The molecule has 0 bridgehead atoms. The van der Waals surface area contributed by atoms with E-state index >= 15 is 0 Å². The molecular formula is C17H27N3O. The lowest BCUT2D eigenvalue weighted by atomic mass is 9.80. The van der Waals surface area contributed by atoms with Crippen LogP contribution in [0.3, 0.4) is 0 Å². The van der Waals surface area contributed by atoms with E-state index in [-0.39, 0.29) is 11.9 Å². The molecule has 0 radical (unpaired) electrons. The molecule has 0 unspecified atom stereocenters. The lowest BCUT2D eigenvalue weighted by Gasteiger charge is -2.28. The number of H-pyrrole nitrogens is 1. The molecule has 0 aromatic carbocycles. The molecule has 1 atom stereocenters. The molecule has 0 spiro atoms. The monoisotopic (exact) mass is 289 g/mol. The summed E-state index contributed by atoms with van der Waals surface area (Å²) in [5.74, 6) is 2.24. The van der Waals surface area contributed by atoms with E-state index in [1.165, 1.54) is 38.5 Å². The fourth-order valence-corrected chi connectivity index (χ4v) is 3.48. The van der Waals surface area contributed by atoms with Gasteiger partial charge >= 0.3 is 0 Å². The molecule has 116 valence electrons. The minimum Gasteiger partial charge on any atom is -0.348 e. The largest absolute Gasteiger partial charge is 0.348 e. The normalized spacial score (nSPS) is 27.3. The first kappa shape index (κ1) is 14.6. The van der Waals surface area contributed by atoms with Crippen LogP contribution in [0.2, 0.25) is 0 Å². The first-order valence-corrected chi connectivity index (χ1v) is 8.48. The van der Waals surface area contributed by atoms with Crippen LogP contribution in [0.1, 0.15) is 80.9 Å². The van der Waals surface area contributed by atoms with Crippen molar-refractivity contribution in [2.24, 2.45) is 11.8 Å². The molecule has 0 saturated heterocycles. The summed E-state index contributed by atoms with van der Waals surface area (Å²) in [5, 5.41) is 10.3. The third kappa shape index (κ3) is 3.86. The number of nitrogens with one attached hydrogen (secondary N) is 2. The van der Waals surface area contributed by atoms with Gasteiger partial charge in [0.2, 0.25) is 0 Å². The van der Waals surface area contributed by atoms with Crippen molar-refractivity contribution in [2.75, 3.05) is 0 Å². The van der Waals surface area contributed by atoms with Crippen molar-refractivity contribution >= 4 is 5.91 Å². The Labute approximate surface area is 127 Å². The second kappa shape index (κ2) is 6.20. The van der Waals surface area contributed by atoms with E-state index in [4.69, 9.17) is 0 Å². The average molecular weight is 289 g/mol. The summed E-state index contributed by atoms with van der Waals surface area (Å²) in [6.45, 7) is 4.46. The first-order chi connectivity index (χ1) is 10.1. The van der Waals surface area contributed by atoms with Gasteiger partial charge in [-0.3, -0.25) is 9.89 Å². The van der Waals surface area contributed by atoms with E-state index in [1.807, 2.05) is 6.07 Å². The Morgan fingerprint density at radius 2 is 2.05 bits per heavy atom. The lowest BCUT2D eigenvalue weighted by Crippen LogP contribution is -2.34. The quantitative estimate of drug-likeness (QED) is 0.869. The number of hydrogen-bond acceptors (Lipinski definition) is 2. The van der Waals surface area contributed by atoms with E-state index in [1.54, 1.807) is 0 Å². The maximum absolute atomic E-state index is 12.2. The third-order valence-electron chi connectivity index (χ3n) is 5.05. The van der Waals surface area contributed by atoms with Crippen LogP contribution in [-0.4, -0.2) is 22.1 Å². The van der Waals surface area contributed by atoms with E-state index in [2.05, 4.69) is 29.4 Å². The highest BCUT2D eigenvalue weighted by Gasteiger charge is 2.27. The van der Waals surface area contributed by atoms with Gasteiger partial charge in [0.1, 0.15) is 5.69 Å². The Balaban J connectivity index is 1.46. The Bertz CT molecular complexity index is 484. The van der Waals surface area contributed by atoms with Crippen molar-refractivity contribution in [2.45, 2.75) is 70.8 Å². The minimum absolute atomic E-state index is 0.0326. The van der Waals surface area contributed by atoms with Gasteiger partial charge in [-0.2, -0.15) is 5.10 Å². The van der Waals surface area contributed by atoms with Crippen LogP contribution in [-0.2, 0) is 0 Å². The summed E-state index contributed by atoms with van der Waals surface area (Å²) >= 11 is 0. The first-order valence-electron chi connectivity index (χ1n) is 8.48. The Morgan fingerprint density at radius 3 is 2.71 bits per heavy atom. The van der Waals surface area contributed by atoms with E-state index in [0.717, 1.165) is 24.0 Å². The Hall–Kier alpha value is -1.32. The summed E-state index contributed by atoms with van der Waals surface area (Å²) < 4.78 is 0. The SMILES string of the molecule is C[C@H](C[C@H]1CC[C@@H](C)CC1)NC(=O)c1cc(C2CC2)[nH]n1. The fraction of sp³-hybridized carbons (Fsp3) is 0.765. The Morgan fingerprint density at radius 1 is 1.33 bits per heavy atom. The molecule has 2 aliphatic rings. The van der Waals surface area contributed by atoms with Gasteiger partial charge in [-0.05, 0) is 44.1 Å². The van der Waals surface area contributed by atoms with Crippen molar-refractivity contribution in [3.63, 3.8) is 0 Å². The van der Waals surface area contributed by atoms with Gasteiger partial charge in [0.25, 0.3) is 5.91 Å². The van der Waals surface area contributed by atoms with Crippen LogP contribution in [0.4, 0.5) is 0 Å².